The quantitative estimate of drug-likeness (QED) is 0.264. The summed E-state index contributed by atoms with van der Waals surface area (Å²) in [4.78, 5) is 40.2. The van der Waals surface area contributed by atoms with Crippen LogP contribution >= 0.6 is 11.6 Å². The van der Waals surface area contributed by atoms with Gasteiger partial charge in [-0.1, -0.05) is 11.6 Å². The zero-order valence-electron chi connectivity index (χ0n) is 21.8. The number of aromatic nitrogens is 2. The Balaban J connectivity index is 1.17. The number of halogens is 1. The fraction of sp³-hybridized carbons (Fsp3) is 0.481. The van der Waals surface area contributed by atoms with Crippen molar-refractivity contribution in [3.05, 3.63) is 61.9 Å². The van der Waals surface area contributed by atoms with Crippen molar-refractivity contribution in [2.45, 2.75) is 25.7 Å². The summed E-state index contributed by atoms with van der Waals surface area (Å²) in [5.41, 5.74) is 3.46. The number of benzene rings is 1. The first-order chi connectivity index (χ1) is 18.5. The van der Waals surface area contributed by atoms with Crippen LogP contribution in [0.1, 0.15) is 25.7 Å². The van der Waals surface area contributed by atoms with Gasteiger partial charge in [0.2, 0.25) is 11.4 Å². The van der Waals surface area contributed by atoms with Crippen LogP contribution in [0.25, 0.3) is 0 Å². The van der Waals surface area contributed by atoms with Crippen LogP contribution in [0.15, 0.2) is 46.0 Å². The molecule has 5 rings (SSSR count). The fourth-order valence-corrected chi connectivity index (χ4v) is 4.98. The lowest BCUT2D eigenvalue weighted by Gasteiger charge is -2.29. The van der Waals surface area contributed by atoms with Crippen molar-refractivity contribution in [2.24, 2.45) is 0 Å². The maximum absolute atomic E-state index is 12.1. The van der Waals surface area contributed by atoms with Gasteiger partial charge in [0.15, 0.2) is 0 Å². The molecule has 3 aromatic rings. The Morgan fingerprint density at radius 2 is 1.58 bits per heavy atom. The molecule has 0 aliphatic carbocycles. The number of nitrogens with zero attached hydrogens (tertiary/aromatic N) is 6. The average molecular weight is 539 g/mol. The highest BCUT2D eigenvalue weighted by Gasteiger charge is 2.21. The minimum atomic E-state index is -0.470. The molecule has 0 saturated carbocycles. The highest BCUT2D eigenvalue weighted by Crippen LogP contribution is 2.25. The Kier molecular flexibility index (Phi) is 8.29. The van der Waals surface area contributed by atoms with E-state index in [9.17, 15) is 9.59 Å². The lowest BCUT2D eigenvalue weighted by Crippen LogP contribution is -2.45. The van der Waals surface area contributed by atoms with Crippen molar-refractivity contribution in [2.75, 3.05) is 85.0 Å². The summed E-state index contributed by atoms with van der Waals surface area (Å²) in [7, 11) is 2.04. The van der Waals surface area contributed by atoms with E-state index >= 15 is 0 Å². The van der Waals surface area contributed by atoms with Gasteiger partial charge in [0.1, 0.15) is 17.3 Å². The Labute approximate surface area is 227 Å². The summed E-state index contributed by atoms with van der Waals surface area (Å²) in [6.07, 6.45) is 4.78. The van der Waals surface area contributed by atoms with E-state index in [-0.39, 0.29) is 0 Å². The minimum absolute atomic E-state index is 0.376. The number of hydrazine groups is 1. The van der Waals surface area contributed by atoms with Crippen LogP contribution in [0.5, 0.6) is 0 Å². The molecular weight excluding hydrogens is 504 g/mol. The molecule has 0 amide bonds. The maximum atomic E-state index is 12.1. The third-order valence-electron chi connectivity index (χ3n) is 7.15. The lowest BCUT2D eigenvalue weighted by molar-refractivity contribution is 0.354. The highest BCUT2D eigenvalue weighted by atomic mass is 35.5. The van der Waals surface area contributed by atoms with Crippen molar-refractivity contribution >= 4 is 40.6 Å². The molecule has 2 aliphatic rings. The monoisotopic (exact) mass is 538 g/mol. The van der Waals surface area contributed by atoms with Gasteiger partial charge >= 0.3 is 0 Å². The van der Waals surface area contributed by atoms with E-state index in [1.165, 1.54) is 31.7 Å². The van der Waals surface area contributed by atoms with E-state index in [0.29, 0.717) is 23.8 Å². The number of hydrogen-bond donors (Lipinski definition) is 2. The van der Waals surface area contributed by atoms with Gasteiger partial charge in [-0.25, -0.2) is 0 Å². The van der Waals surface area contributed by atoms with Crippen molar-refractivity contribution in [3.63, 3.8) is 0 Å². The van der Waals surface area contributed by atoms with Crippen molar-refractivity contribution in [1.82, 2.24) is 14.9 Å². The molecule has 0 spiro atoms. The Hall–Kier alpha value is -3.37. The molecule has 2 saturated heterocycles. The van der Waals surface area contributed by atoms with E-state index in [0.717, 1.165) is 62.5 Å². The summed E-state index contributed by atoms with van der Waals surface area (Å²) in [5.74, 6) is 2.68. The van der Waals surface area contributed by atoms with Gasteiger partial charge in [0, 0.05) is 63.0 Å². The average Bonchev–Trinajstić information content (AvgIpc) is 3.66. The Morgan fingerprint density at radius 3 is 2.24 bits per heavy atom. The first kappa shape index (κ1) is 26.2. The SMILES string of the molecule is CN(CCNc1cc(N2CCCC2)nc(N2CCCC2)n1)CCN(Nc1ccc(Cl)cc1)c1cc(=O)c1=O. The molecule has 3 heterocycles. The number of likely N-dealkylation sites (N-methyl/N-ethyl adjacent to an activating group) is 1. The van der Waals surface area contributed by atoms with E-state index in [2.05, 4.69) is 31.5 Å². The predicted octanol–water partition coefficient (Wildman–Crippen LogP) is 2.80. The first-order valence-electron chi connectivity index (χ1n) is 13.4. The van der Waals surface area contributed by atoms with Gasteiger partial charge in [-0.3, -0.25) is 20.0 Å². The van der Waals surface area contributed by atoms with E-state index in [1.807, 2.05) is 19.2 Å². The topological polar surface area (TPSA) is 96.9 Å². The van der Waals surface area contributed by atoms with Gasteiger partial charge in [0.25, 0.3) is 5.43 Å². The van der Waals surface area contributed by atoms with E-state index < -0.39 is 10.9 Å². The van der Waals surface area contributed by atoms with E-state index in [4.69, 9.17) is 21.6 Å². The standard InChI is InChI=1S/C27H35ClN8O2/c1-33(16-17-36(22-18-23(37)26(22)38)32-21-8-6-20(28)7-9-21)15-10-29-24-19-25(34-11-2-3-12-34)31-27(30-24)35-13-4-5-14-35/h6-9,18-19,32H,2-5,10-17H2,1H3,(H,29,30,31). The van der Waals surface area contributed by atoms with Crippen LogP contribution in [0.2, 0.25) is 5.02 Å². The second kappa shape index (κ2) is 12.0. The summed E-state index contributed by atoms with van der Waals surface area (Å²) in [5, 5.41) is 5.86. The smallest absolute Gasteiger partial charge is 0.250 e. The summed E-state index contributed by atoms with van der Waals surface area (Å²) < 4.78 is 0. The fourth-order valence-electron chi connectivity index (χ4n) is 4.86. The zero-order valence-corrected chi connectivity index (χ0v) is 22.6. The molecule has 202 valence electrons. The highest BCUT2D eigenvalue weighted by molar-refractivity contribution is 6.30. The molecule has 0 unspecified atom stereocenters. The number of hydrogen-bond acceptors (Lipinski definition) is 10. The van der Waals surface area contributed by atoms with Crippen LogP contribution in [0.4, 0.5) is 29.0 Å². The number of nitrogens with one attached hydrogen (secondary N) is 2. The lowest BCUT2D eigenvalue weighted by atomic mass is 10.2. The van der Waals surface area contributed by atoms with Crippen LogP contribution in [0.3, 0.4) is 0 Å². The molecule has 1 aromatic heterocycles. The minimum Gasteiger partial charge on any atom is -0.369 e. The predicted molar refractivity (Wildman–Crippen MR) is 155 cm³/mol. The second-order valence-corrected chi connectivity index (χ2v) is 10.5. The molecule has 38 heavy (non-hydrogen) atoms. The molecular formula is C27H35ClN8O2. The van der Waals surface area contributed by atoms with Gasteiger partial charge in [-0.2, -0.15) is 9.97 Å². The molecule has 2 aromatic carbocycles. The second-order valence-electron chi connectivity index (χ2n) is 10.0. The van der Waals surface area contributed by atoms with Gasteiger partial charge < -0.3 is 20.0 Å². The van der Waals surface area contributed by atoms with Crippen molar-refractivity contribution < 1.29 is 0 Å². The molecule has 2 N–H and O–H groups in total. The van der Waals surface area contributed by atoms with Gasteiger partial charge in [-0.05, 0) is 57.0 Å². The van der Waals surface area contributed by atoms with Crippen LogP contribution < -0.4 is 36.4 Å². The summed E-state index contributed by atoms with van der Waals surface area (Å²) in [6.45, 7) is 6.82. The molecule has 11 heteroatoms. The first-order valence-corrected chi connectivity index (χ1v) is 13.8. The third kappa shape index (κ3) is 6.36. The summed E-state index contributed by atoms with van der Waals surface area (Å²) in [6, 6.07) is 10.7. The zero-order chi connectivity index (χ0) is 26.5. The van der Waals surface area contributed by atoms with E-state index in [1.54, 1.807) is 17.1 Å². The van der Waals surface area contributed by atoms with Gasteiger partial charge in [0.05, 0.1) is 12.2 Å². The summed E-state index contributed by atoms with van der Waals surface area (Å²) >= 11 is 5.99. The normalized spacial score (nSPS) is 15.6. The largest absolute Gasteiger partial charge is 0.369 e. The molecule has 0 atom stereocenters. The molecule has 0 bridgehead atoms. The number of anilines is 5. The number of rotatable bonds is 12. The van der Waals surface area contributed by atoms with Crippen LogP contribution in [-0.4, -0.2) is 74.3 Å². The molecule has 2 aliphatic heterocycles. The molecule has 2 fully saturated rings. The Morgan fingerprint density at radius 1 is 0.895 bits per heavy atom. The maximum Gasteiger partial charge on any atom is 0.250 e. The third-order valence-corrected chi connectivity index (χ3v) is 7.40. The molecule has 10 nitrogen and oxygen atoms in total. The van der Waals surface area contributed by atoms with Crippen LogP contribution in [-0.2, 0) is 0 Å². The van der Waals surface area contributed by atoms with Crippen molar-refractivity contribution in [1.29, 1.82) is 0 Å². The molecule has 0 radical (unpaired) electrons. The van der Waals surface area contributed by atoms with Gasteiger partial charge in [-0.15, -0.1) is 0 Å². The van der Waals surface area contributed by atoms with Crippen molar-refractivity contribution in [3.8, 4) is 0 Å². The Bertz CT molecular complexity index is 1250. The van der Waals surface area contributed by atoms with Crippen LogP contribution in [0, 0.1) is 0 Å².